The van der Waals surface area contributed by atoms with E-state index >= 15 is 0 Å². The minimum atomic E-state index is 0.574. The van der Waals surface area contributed by atoms with Gasteiger partial charge >= 0.3 is 0 Å². The van der Waals surface area contributed by atoms with E-state index in [0.29, 0.717) is 12.0 Å². The van der Waals surface area contributed by atoms with Crippen molar-refractivity contribution in [2.75, 3.05) is 37.7 Å². The quantitative estimate of drug-likeness (QED) is 0.798. The summed E-state index contributed by atoms with van der Waals surface area (Å²) in [5.41, 5.74) is 2.82. The average Bonchev–Trinajstić information content (AvgIpc) is 2.47. The largest absolute Gasteiger partial charge is 0.378 e. The SMILES string of the molecule is CC(C)CN(Cc1ccccc1N1CCOCC1)C(C)C. The van der Waals surface area contributed by atoms with Crippen LogP contribution in [0.1, 0.15) is 33.3 Å². The van der Waals surface area contributed by atoms with Crippen molar-refractivity contribution in [2.45, 2.75) is 40.3 Å². The molecule has 21 heavy (non-hydrogen) atoms. The predicted molar refractivity (Wildman–Crippen MR) is 89.9 cm³/mol. The molecule has 0 atom stereocenters. The third-order valence-corrected chi connectivity index (χ3v) is 4.05. The summed E-state index contributed by atoms with van der Waals surface area (Å²) >= 11 is 0. The number of hydrogen-bond donors (Lipinski definition) is 0. The molecule has 0 N–H and O–H groups in total. The maximum atomic E-state index is 5.48. The molecular formula is C18H30N2O. The lowest BCUT2D eigenvalue weighted by molar-refractivity contribution is 0.122. The molecule has 118 valence electrons. The second kappa shape index (κ2) is 7.81. The van der Waals surface area contributed by atoms with Crippen LogP contribution in [0, 0.1) is 5.92 Å². The maximum Gasteiger partial charge on any atom is 0.0642 e. The highest BCUT2D eigenvalue weighted by Crippen LogP contribution is 2.24. The van der Waals surface area contributed by atoms with E-state index in [1.807, 2.05) is 0 Å². The second-order valence-electron chi connectivity index (χ2n) is 6.65. The van der Waals surface area contributed by atoms with Gasteiger partial charge in [0.2, 0.25) is 0 Å². The van der Waals surface area contributed by atoms with Gasteiger partial charge in [-0.25, -0.2) is 0 Å². The van der Waals surface area contributed by atoms with Gasteiger partial charge in [-0.05, 0) is 31.4 Å². The van der Waals surface area contributed by atoms with Gasteiger partial charge < -0.3 is 9.64 Å². The molecule has 1 saturated heterocycles. The first-order chi connectivity index (χ1) is 10.1. The summed E-state index contributed by atoms with van der Waals surface area (Å²) in [6.07, 6.45) is 0. The fourth-order valence-corrected chi connectivity index (χ4v) is 2.90. The Morgan fingerprint density at radius 2 is 1.76 bits per heavy atom. The van der Waals surface area contributed by atoms with Crippen molar-refractivity contribution in [2.24, 2.45) is 5.92 Å². The van der Waals surface area contributed by atoms with E-state index in [4.69, 9.17) is 4.74 Å². The van der Waals surface area contributed by atoms with Crippen LogP contribution < -0.4 is 4.90 Å². The predicted octanol–water partition coefficient (Wildman–Crippen LogP) is 3.39. The first kappa shape index (κ1) is 16.3. The number of para-hydroxylation sites is 1. The molecule has 0 aromatic heterocycles. The van der Waals surface area contributed by atoms with Gasteiger partial charge in [-0.15, -0.1) is 0 Å². The van der Waals surface area contributed by atoms with Gasteiger partial charge in [0.25, 0.3) is 0 Å². The van der Waals surface area contributed by atoms with Crippen LogP contribution in [0.15, 0.2) is 24.3 Å². The van der Waals surface area contributed by atoms with E-state index in [1.165, 1.54) is 11.3 Å². The molecule has 0 radical (unpaired) electrons. The first-order valence-electron chi connectivity index (χ1n) is 8.22. The zero-order valence-electron chi connectivity index (χ0n) is 14.0. The van der Waals surface area contributed by atoms with Crippen molar-refractivity contribution in [3.8, 4) is 0 Å². The summed E-state index contributed by atoms with van der Waals surface area (Å²) in [5.74, 6) is 0.697. The molecule has 0 bridgehead atoms. The third kappa shape index (κ3) is 4.72. The average molecular weight is 290 g/mol. The Morgan fingerprint density at radius 1 is 1.10 bits per heavy atom. The molecule has 1 aliphatic rings. The van der Waals surface area contributed by atoms with Crippen molar-refractivity contribution in [1.82, 2.24) is 4.90 Å². The lowest BCUT2D eigenvalue weighted by Crippen LogP contribution is -2.38. The molecule has 1 heterocycles. The Balaban J connectivity index is 2.14. The number of ether oxygens (including phenoxy) is 1. The Morgan fingerprint density at radius 3 is 2.38 bits per heavy atom. The summed E-state index contributed by atoms with van der Waals surface area (Å²) in [7, 11) is 0. The van der Waals surface area contributed by atoms with E-state index < -0.39 is 0 Å². The van der Waals surface area contributed by atoms with E-state index in [0.717, 1.165) is 39.4 Å². The molecule has 2 rings (SSSR count). The minimum Gasteiger partial charge on any atom is -0.378 e. The van der Waals surface area contributed by atoms with Crippen LogP contribution in [0.3, 0.4) is 0 Å². The molecule has 3 heteroatoms. The van der Waals surface area contributed by atoms with Crippen LogP contribution in [-0.2, 0) is 11.3 Å². The fourth-order valence-electron chi connectivity index (χ4n) is 2.90. The van der Waals surface area contributed by atoms with Gasteiger partial charge in [0, 0.05) is 37.9 Å². The highest BCUT2D eigenvalue weighted by molar-refractivity contribution is 5.53. The van der Waals surface area contributed by atoms with Gasteiger partial charge in [0.1, 0.15) is 0 Å². The van der Waals surface area contributed by atoms with Crippen molar-refractivity contribution < 1.29 is 4.74 Å². The lowest BCUT2D eigenvalue weighted by Gasteiger charge is -2.33. The van der Waals surface area contributed by atoms with E-state index in [1.54, 1.807) is 0 Å². The molecule has 0 spiro atoms. The van der Waals surface area contributed by atoms with Gasteiger partial charge in [0.15, 0.2) is 0 Å². The standard InChI is InChI=1S/C18H30N2O/c1-15(2)13-20(16(3)4)14-17-7-5-6-8-18(17)19-9-11-21-12-10-19/h5-8,15-16H,9-14H2,1-4H3. The van der Waals surface area contributed by atoms with Gasteiger partial charge in [-0.1, -0.05) is 32.0 Å². The molecule has 0 unspecified atom stereocenters. The van der Waals surface area contributed by atoms with Gasteiger partial charge in [-0.2, -0.15) is 0 Å². The topological polar surface area (TPSA) is 15.7 Å². The molecule has 1 aromatic rings. The third-order valence-electron chi connectivity index (χ3n) is 4.05. The summed E-state index contributed by atoms with van der Waals surface area (Å²) in [4.78, 5) is 5.04. The number of hydrogen-bond acceptors (Lipinski definition) is 3. The number of anilines is 1. The van der Waals surface area contributed by atoms with Crippen LogP contribution in [0.4, 0.5) is 5.69 Å². The van der Waals surface area contributed by atoms with Crippen LogP contribution in [0.5, 0.6) is 0 Å². The Hall–Kier alpha value is -1.06. The Bertz CT molecular complexity index is 425. The van der Waals surface area contributed by atoms with Crippen molar-refractivity contribution in [1.29, 1.82) is 0 Å². The maximum absolute atomic E-state index is 5.48. The molecule has 0 aliphatic carbocycles. The van der Waals surface area contributed by atoms with Crippen molar-refractivity contribution in [3.05, 3.63) is 29.8 Å². The van der Waals surface area contributed by atoms with Crippen LogP contribution in [0.2, 0.25) is 0 Å². The van der Waals surface area contributed by atoms with E-state index in [2.05, 4.69) is 61.8 Å². The van der Waals surface area contributed by atoms with Crippen LogP contribution >= 0.6 is 0 Å². The smallest absolute Gasteiger partial charge is 0.0642 e. The summed E-state index contributed by atoms with van der Waals surface area (Å²) in [5, 5.41) is 0. The van der Waals surface area contributed by atoms with Crippen LogP contribution in [-0.4, -0.2) is 43.8 Å². The van der Waals surface area contributed by atoms with Crippen LogP contribution in [0.25, 0.3) is 0 Å². The number of rotatable bonds is 6. The minimum absolute atomic E-state index is 0.574. The molecule has 1 fully saturated rings. The Labute approximate surface area is 129 Å². The monoisotopic (exact) mass is 290 g/mol. The normalized spacial score (nSPS) is 16.2. The van der Waals surface area contributed by atoms with E-state index in [-0.39, 0.29) is 0 Å². The zero-order valence-corrected chi connectivity index (χ0v) is 14.0. The number of nitrogens with zero attached hydrogens (tertiary/aromatic N) is 2. The van der Waals surface area contributed by atoms with Gasteiger partial charge in [-0.3, -0.25) is 4.90 Å². The van der Waals surface area contributed by atoms with Gasteiger partial charge in [0.05, 0.1) is 13.2 Å². The Kier molecular flexibility index (Phi) is 6.07. The molecule has 0 saturated carbocycles. The van der Waals surface area contributed by atoms with Crippen molar-refractivity contribution >= 4 is 5.69 Å². The fraction of sp³-hybridized carbons (Fsp3) is 0.667. The molecule has 1 aromatic carbocycles. The van der Waals surface area contributed by atoms with E-state index in [9.17, 15) is 0 Å². The summed E-state index contributed by atoms with van der Waals surface area (Å²) < 4.78 is 5.48. The molecular weight excluding hydrogens is 260 g/mol. The number of benzene rings is 1. The zero-order chi connectivity index (χ0) is 15.2. The first-order valence-corrected chi connectivity index (χ1v) is 8.22. The second-order valence-corrected chi connectivity index (χ2v) is 6.65. The molecule has 3 nitrogen and oxygen atoms in total. The number of morpholine rings is 1. The molecule has 0 amide bonds. The summed E-state index contributed by atoms with van der Waals surface area (Å²) in [6, 6.07) is 9.42. The highest BCUT2D eigenvalue weighted by Gasteiger charge is 2.18. The lowest BCUT2D eigenvalue weighted by atomic mass is 10.1. The molecule has 1 aliphatic heterocycles. The van der Waals surface area contributed by atoms with Crippen molar-refractivity contribution in [3.63, 3.8) is 0 Å². The summed E-state index contributed by atoms with van der Waals surface area (Å²) in [6.45, 7) is 15.0. The highest BCUT2D eigenvalue weighted by atomic mass is 16.5.